The molecule has 1 saturated carbocycles. The van der Waals surface area contributed by atoms with Gasteiger partial charge in [0.2, 0.25) is 0 Å². The zero-order valence-corrected chi connectivity index (χ0v) is 10.7. The molecular weight excluding hydrogens is 229 g/mol. The predicted molar refractivity (Wildman–Crippen MR) is 72.6 cm³/mol. The summed E-state index contributed by atoms with van der Waals surface area (Å²) in [5.41, 5.74) is 6.44. The van der Waals surface area contributed by atoms with Gasteiger partial charge in [0, 0.05) is 18.7 Å². The van der Waals surface area contributed by atoms with Gasteiger partial charge in [-0.2, -0.15) is 0 Å². The van der Waals surface area contributed by atoms with E-state index in [2.05, 4.69) is 11.8 Å². The topological polar surface area (TPSA) is 53.1 Å². The van der Waals surface area contributed by atoms with Crippen LogP contribution in [-0.4, -0.2) is 18.9 Å². The van der Waals surface area contributed by atoms with Gasteiger partial charge in [0.25, 0.3) is 0 Å². The number of nitrogens with two attached hydrogens (primary N) is 1. The molecule has 0 saturated heterocycles. The van der Waals surface area contributed by atoms with Crippen molar-refractivity contribution >= 4 is 11.5 Å². The maximum Gasteiger partial charge on any atom is 0.147 e. The van der Waals surface area contributed by atoms with E-state index >= 15 is 0 Å². The zero-order valence-electron chi connectivity index (χ0n) is 10.7. The third-order valence-electron chi connectivity index (χ3n) is 3.27. The molecule has 1 aromatic carbocycles. The molecule has 0 atom stereocenters. The highest BCUT2D eigenvalue weighted by Gasteiger charge is 2.25. The van der Waals surface area contributed by atoms with Crippen LogP contribution >= 0.6 is 0 Å². The van der Waals surface area contributed by atoms with Crippen molar-refractivity contribution in [3.63, 3.8) is 0 Å². The van der Waals surface area contributed by atoms with Gasteiger partial charge in [-0.25, -0.2) is 4.39 Å². The number of hydrogen-bond donors (Lipinski definition) is 2. The van der Waals surface area contributed by atoms with Crippen LogP contribution in [0.4, 0.5) is 10.1 Å². The van der Waals surface area contributed by atoms with Gasteiger partial charge >= 0.3 is 0 Å². The van der Waals surface area contributed by atoms with Crippen LogP contribution < -0.4 is 10.6 Å². The minimum atomic E-state index is -0.281. The van der Waals surface area contributed by atoms with Crippen molar-refractivity contribution in [3.05, 3.63) is 29.6 Å². The Bertz CT molecular complexity index is 441. The van der Waals surface area contributed by atoms with Crippen molar-refractivity contribution in [3.8, 4) is 0 Å². The van der Waals surface area contributed by atoms with Crippen molar-refractivity contribution in [1.82, 2.24) is 0 Å². The Hall–Kier alpha value is -1.58. The van der Waals surface area contributed by atoms with Crippen LogP contribution in [0.1, 0.15) is 31.7 Å². The summed E-state index contributed by atoms with van der Waals surface area (Å²) in [5.74, 6) is 0.352. The summed E-state index contributed by atoms with van der Waals surface area (Å²) in [6, 6.07) is 4.81. The highest BCUT2D eigenvalue weighted by Crippen LogP contribution is 2.32. The Morgan fingerprint density at radius 1 is 1.50 bits per heavy atom. The smallest absolute Gasteiger partial charge is 0.147 e. The molecule has 0 aliphatic heterocycles. The maximum absolute atomic E-state index is 14.1. The monoisotopic (exact) mass is 249 g/mol. The van der Waals surface area contributed by atoms with Crippen molar-refractivity contribution in [2.45, 2.75) is 26.2 Å². The molecule has 1 fully saturated rings. The van der Waals surface area contributed by atoms with E-state index in [1.54, 1.807) is 12.1 Å². The summed E-state index contributed by atoms with van der Waals surface area (Å²) < 4.78 is 14.1. The summed E-state index contributed by atoms with van der Waals surface area (Å²) in [7, 11) is 0. The van der Waals surface area contributed by atoms with Crippen molar-refractivity contribution in [1.29, 1.82) is 5.41 Å². The molecule has 2 rings (SSSR count). The Morgan fingerprint density at radius 2 is 2.22 bits per heavy atom. The first kappa shape index (κ1) is 12.9. The second-order valence-electron chi connectivity index (χ2n) is 4.97. The molecule has 1 aliphatic carbocycles. The van der Waals surface area contributed by atoms with E-state index in [0.717, 1.165) is 25.4 Å². The predicted octanol–water partition coefficient (Wildman–Crippen LogP) is 2.74. The minimum absolute atomic E-state index is 0.0929. The van der Waals surface area contributed by atoms with Gasteiger partial charge in [0.15, 0.2) is 0 Å². The number of nitrogens with one attached hydrogen (secondary N) is 1. The molecule has 0 spiro atoms. The molecule has 98 valence electrons. The lowest BCUT2D eigenvalue weighted by molar-refractivity contribution is 0.608. The normalized spacial score (nSPS) is 14.6. The third-order valence-corrected chi connectivity index (χ3v) is 3.27. The summed E-state index contributed by atoms with van der Waals surface area (Å²) in [6.07, 6.45) is 3.52. The van der Waals surface area contributed by atoms with Gasteiger partial charge in [-0.1, -0.05) is 6.92 Å². The standard InChI is InChI=1S/C14H20FN3/c1-2-7-18(9-10-3-4-10)13-6-5-11(14(16)17)8-12(13)15/h5-6,8,10H,2-4,7,9H2,1H3,(H3,16,17). The molecule has 0 bridgehead atoms. The van der Waals surface area contributed by atoms with Crippen LogP contribution in [0.3, 0.4) is 0 Å². The number of anilines is 1. The fourth-order valence-corrected chi connectivity index (χ4v) is 2.12. The number of nitrogen functional groups attached to an aromatic ring is 1. The van der Waals surface area contributed by atoms with Gasteiger partial charge in [0.1, 0.15) is 11.7 Å². The SMILES string of the molecule is CCCN(CC1CC1)c1ccc(C(=N)N)cc1F. The quantitative estimate of drug-likeness (QED) is 0.601. The number of benzene rings is 1. The highest BCUT2D eigenvalue weighted by molar-refractivity contribution is 5.95. The lowest BCUT2D eigenvalue weighted by atomic mass is 10.1. The summed E-state index contributed by atoms with van der Waals surface area (Å²) in [4.78, 5) is 2.11. The largest absolute Gasteiger partial charge is 0.384 e. The van der Waals surface area contributed by atoms with Crippen LogP contribution in [0.15, 0.2) is 18.2 Å². The maximum atomic E-state index is 14.1. The third kappa shape index (κ3) is 3.00. The molecule has 1 aliphatic rings. The first-order valence-electron chi connectivity index (χ1n) is 6.50. The Morgan fingerprint density at radius 3 is 2.72 bits per heavy atom. The van der Waals surface area contributed by atoms with E-state index in [0.29, 0.717) is 11.3 Å². The van der Waals surface area contributed by atoms with Gasteiger partial charge in [-0.15, -0.1) is 0 Å². The molecule has 18 heavy (non-hydrogen) atoms. The molecule has 0 unspecified atom stereocenters. The Balaban J connectivity index is 2.20. The highest BCUT2D eigenvalue weighted by atomic mass is 19.1. The number of nitrogens with zero attached hydrogens (tertiary/aromatic N) is 1. The number of rotatable bonds is 6. The van der Waals surface area contributed by atoms with E-state index in [1.807, 2.05) is 0 Å². The van der Waals surface area contributed by atoms with E-state index in [4.69, 9.17) is 11.1 Å². The van der Waals surface area contributed by atoms with E-state index in [1.165, 1.54) is 18.9 Å². The van der Waals surface area contributed by atoms with Crippen LogP contribution in [0.25, 0.3) is 0 Å². The Labute approximate surface area is 107 Å². The summed E-state index contributed by atoms with van der Waals surface area (Å²) >= 11 is 0. The van der Waals surface area contributed by atoms with Crippen molar-refractivity contribution < 1.29 is 4.39 Å². The fraction of sp³-hybridized carbons (Fsp3) is 0.500. The van der Waals surface area contributed by atoms with Crippen molar-refractivity contribution in [2.75, 3.05) is 18.0 Å². The number of amidine groups is 1. The molecule has 0 amide bonds. The summed E-state index contributed by atoms with van der Waals surface area (Å²) in [5, 5.41) is 7.31. The molecule has 0 radical (unpaired) electrons. The zero-order chi connectivity index (χ0) is 13.1. The van der Waals surface area contributed by atoms with Crippen molar-refractivity contribution in [2.24, 2.45) is 11.7 Å². The van der Waals surface area contributed by atoms with Gasteiger partial charge in [0.05, 0.1) is 5.69 Å². The Kier molecular flexibility index (Phi) is 3.84. The second-order valence-corrected chi connectivity index (χ2v) is 4.97. The van der Waals surface area contributed by atoms with Gasteiger partial charge in [-0.3, -0.25) is 5.41 Å². The number of halogens is 1. The van der Waals surface area contributed by atoms with Crippen LogP contribution in [-0.2, 0) is 0 Å². The molecule has 3 N–H and O–H groups in total. The molecule has 0 aromatic heterocycles. The minimum Gasteiger partial charge on any atom is -0.384 e. The van der Waals surface area contributed by atoms with E-state index < -0.39 is 0 Å². The van der Waals surface area contributed by atoms with Crippen LogP contribution in [0.5, 0.6) is 0 Å². The second kappa shape index (κ2) is 5.38. The molecular formula is C14H20FN3. The molecule has 4 heteroatoms. The van der Waals surface area contributed by atoms with Gasteiger partial charge < -0.3 is 10.6 Å². The molecule has 0 heterocycles. The average Bonchev–Trinajstić information content (AvgIpc) is 3.12. The molecule has 1 aromatic rings. The first-order chi connectivity index (χ1) is 8.61. The fourth-order valence-electron chi connectivity index (χ4n) is 2.12. The first-order valence-corrected chi connectivity index (χ1v) is 6.50. The average molecular weight is 249 g/mol. The number of hydrogen-bond acceptors (Lipinski definition) is 2. The van der Waals surface area contributed by atoms with Crippen LogP contribution in [0, 0.1) is 17.1 Å². The van der Waals surface area contributed by atoms with E-state index in [-0.39, 0.29) is 11.7 Å². The lowest BCUT2D eigenvalue weighted by Crippen LogP contribution is -2.27. The van der Waals surface area contributed by atoms with E-state index in [9.17, 15) is 4.39 Å². The molecule has 3 nitrogen and oxygen atoms in total. The van der Waals surface area contributed by atoms with Gasteiger partial charge in [-0.05, 0) is 43.4 Å². The van der Waals surface area contributed by atoms with Crippen LogP contribution in [0.2, 0.25) is 0 Å². The summed E-state index contributed by atoms with van der Waals surface area (Å²) in [6.45, 7) is 3.90. The lowest BCUT2D eigenvalue weighted by Gasteiger charge is -2.25.